The Balaban J connectivity index is 1.16. The Bertz CT molecular complexity index is 2390. The quantitative estimate of drug-likeness (QED) is 0.0405. The van der Waals surface area contributed by atoms with Gasteiger partial charge in [0.2, 0.25) is 11.5 Å². The van der Waals surface area contributed by atoms with Crippen LogP contribution in [0.1, 0.15) is 34.4 Å². The first kappa shape index (κ1) is 37.2. The molecule has 2 fully saturated rings. The van der Waals surface area contributed by atoms with Gasteiger partial charge in [-0.2, -0.15) is 0 Å². The summed E-state index contributed by atoms with van der Waals surface area (Å²) >= 11 is 2.34. The predicted molar refractivity (Wildman–Crippen MR) is 216 cm³/mol. The zero-order valence-corrected chi connectivity index (χ0v) is 31.6. The van der Waals surface area contributed by atoms with Crippen LogP contribution in [0, 0.1) is 0 Å². The van der Waals surface area contributed by atoms with Crippen LogP contribution < -0.4 is 16.4 Å². The Labute approximate surface area is 334 Å². The Morgan fingerprint density at radius 2 is 1.56 bits per heavy atom. The van der Waals surface area contributed by atoms with Gasteiger partial charge in [-0.15, -0.1) is 23.1 Å². The second kappa shape index (κ2) is 15.4. The number of nitrogen functional groups attached to an aromatic ring is 1. The zero-order valence-electron chi connectivity index (χ0n) is 30.0. The summed E-state index contributed by atoms with van der Waals surface area (Å²) in [5.74, 6) is -3.17. The van der Waals surface area contributed by atoms with Crippen LogP contribution in [0.15, 0.2) is 143 Å². The summed E-state index contributed by atoms with van der Waals surface area (Å²) in [6.07, 6.45) is 0.326. The lowest BCUT2D eigenvalue weighted by atomic mass is 9.80. The molecular weight excluding hydrogens is 765 g/mol. The standard InChI is InChI=1S/C42H34N6O7S2/c43-41-45-31(23-57-41)33(47-55-42(25-12-4-1-5-13-25,26-14-6-2-7-15-26)27-16-8-3-9-17-27)37(51)46-34-38(52)48-35(40(53)54)30(22-56-39(34)48)32(29-19-20-44-36(29)50)24-11-10-18-28(49)21-24/h1-18,21,23,34,39,49H,19-20,22H2,(H2,43,45)(H,44,50)(H,46,51)(H,53,54)/t34-,39-/m1/s1. The minimum atomic E-state index is -1.38. The van der Waals surface area contributed by atoms with Crippen molar-refractivity contribution in [1.29, 1.82) is 0 Å². The number of carboxylic acids is 1. The van der Waals surface area contributed by atoms with E-state index in [9.17, 15) is 29.4 Å². The highest BCUT2D eigenvalue weighted by Crippen LogP contribution is 2.46. The molecule has 13 nitrogen and oxygen atoms in total. The number of β-lactam (4-membered cyclic amide) rings is 1. The lowest BCUT2D eigenvalue weighted by molar-refractivity contribution is -0.150. The number of carbonyl (C=O) groups is 4. The fraction of sp³-hybridized carbons (Fsp3) is 0.143. The third-order valence-corrected chi connectivity index (χ3v) is 11.9. The molecule has 6 N–H and O–H groups in total. The molecule has 57 heavy (non-hydrogen) atoms. The summed E-state index contributed by atoms with van der Waals surface area (Å²) in [4.78, 5) is 66.3. The number of nitrogens with one attached hydrogen (secondary N) is 2. The average molecular weight is 799 g/mol. The molecular formula is C42H34N6O7S2. The van der Waals surface area contributed by atoms with Crippen molar-refractivity contribution in [2.75, 3.05) is 18.0 Å². The van der Waals surface area contributed by atoms with Gasteiger partial charge < -0.3 is 31.4 Å². The van der Waals surface area contributed by atoms with Gasteiger partial charge in [0.05, 0.1) is 0 Å². The van der Waals surface area contributed by atoms with Gasteiger partial charge in [-0.3, -0.25) is 19.3 Å². The van der Waals surface area contributed by atoms with Crippen molar-refractivity contribution in [2.24, 2.45) is 5.16 Å². The second-order valence-electron chi connectivity index (χ2n) is 13.3. The number of thioether (sulfide) groups is 1. The van der Waals surface area contributed by atoms with Crippen LogP contribution in [-0.4, -0.2) is 73.2 Å². The number of oxime groups is 1. The highest BCUT2D eigenvalue weighted by atomic mass is 32.2. The van der Waals surface area contributed by atoms with Gasteiger partial charge in [-0.25, -0.2) is 9.78 Å². The number of anilines is 1. The number of allylic oxidation sites excluding steroid dienone is 1. The van der Waals surface area contributed by atoms with Gasteiger partial charge >= 0.3 is 5.97 Å². The van der Waals surface area contributed by atoms with E-state index in [1.54, 1.807) is 17.5 Å². The largest absolute Gasteiger partial charge is 0.508 e. The summed E-state index contributed by atoms with van der Waals surface area (Å²) in [6, 6.07) is 33.4. The van der Waals surface area contributed by atoms with E-state index in [-0.39, 0.29) is 45.2 Å². The fourth-order valence-electron chi connectivity index (χ4n) is 7.36. The molecule has 2 saturated heterocycles. The zero-order chi connectivity index (χ0) is 39.7. The number of rotatable bonds is 11. The first-order valence-electron chi connectivity index (χ1n) is 17.8. The maximum Gasteiger partial charge on any atom is 0.352 e. The molecule has 0 radical (unpaired) electrons. The molecule has 0 bridgehead atoms. The minimum absolute atomic E-state index is 0.0671. The molecule has 8 rings (SSSR count). The van der Waals surface area contributed by atoms with Gasteiger partial charge in [-0.05, 0) is 29.7 Å². The van der Waals surface area contributed by atoms with Crippen LogP contribution in [0.4, 0.5) is 5.13 Å². The van der Waals surface area contributed by atoms with Crippen molar-refractivity contribution >= 4 is 63.2 Å². The molecule has 0 saturated carbocycles. The third-order valence-electron chi connectivity index (χ3n) is 9.92. The Kier molecular flexibility index (Phi) is 10.1. The molecule has 4 heterocycles. The van der Waals surface area contributed by atoms with Crippen molar-refractivity contribution in [3.8, 4) is 5.75 Å². The van der Waals surface area contributed by atoms with E-state index < -0.39 is 34.8 Å². The van der Waals surface area contributed by atoms with E-state index in [1.807, 2.05) is 91.0 Å². The van der Waals surface area contributed by atoms with Crippen molar-refractivity contribution in [3.63, 3.8) is 0 Å². The summed E-state index contributed by atoms with van der Waals surface area (Å²) in [6.45, 7) is 0.361. The van der Waals surface area contributed by atoms with E-state index in [2.05, 4.69) is 20.8 Å². The SMILES string of the molecule is Nc1nc(C(=NOC(c2ccccc2)(c2ccccc2)c2ccccc2)C(=O)N[C@@H]2C(=O)N3C(C(=O)O)=C(C(=C4CCNC4=O)c4cccc(O)c4)CS[C@H]23)cs1. The number of fused-ring (bicyclic) bond motifs is 1. The van der Waals surface area contributed by atoms with Crippen molar-refractivity contribution in [1.82, 2.24) is 20.5 Å². The Morgan fingerprint density at radius 3 is 2.09 bits per heavy atom. The Morgan fingerprint density at radius 1 is 0.930 bits per heavy atom. The minimum Gasteiger partial charge on any atom is -0.508 e. The maximum atomic E-state index is 14.3. The van der Waals surface area contributed by atoms with Crippen LogP contribution in [0.5, 0.6) is 5.75 Å². The number of thiazole rings is 1. The molecule has 2 atom stereocenters. The smallest absolute Gasteiger partial charge is 0.352 e. The summed E-state index contributed by atoms with van der Waals surface area (Å²) in [7, 11) is 0. The van der Waals surface area contributed by atoms with Crippen LogP contribution in [0.25, 0.3) is 5.57 Å². The van der Waals surface area contributed by atoms with E-state index >= 15 is 0 Å². The van der Waals surface area contributed by atoms with Crippen molar-refractivity contribution < 1.29 is 34.2 Å². The molecule has 15 heteroatoms. The van der Waals surface area contributed by atoms with Crippen LogP contribution >= 0.6 is 23.1 Å². The number of phenols is 1. The van der Waals surface area contributed by atoms with E-state index in [0.717, 1.165) is 32.9 Å². The van der Waals surface area contributed by atoms with E-state index in [4.69, 9.17) is 10.6 Å². The Hall–Kier alpha value is -6.71. The first-order chi connectivity index (χ1) is 27.7. The van der Waals surface area contributed by atoms with Crippen LogP contribution in [-0.2, 0) is 29.6 Å². The van der Waals surface area contributed by atoms with Gasteiger partial charge in [0, 0.05) is 45.5 Å². The van der Waals surface area contributed by atoms with Gasteiger partial charge in [-0.1, -0.05) is 108 Å². The number of hydrogen-bond acceptors (Lipinski definition) is 11. The number of nitrogens with two attached hydrogens (primary N) is 1. The number of aliphatic carboxylic acids is 1. The number of amides is 3. The fourth-order valence-corrected chi connectivity index (χ4v) is 9.27. The van der Waals surface area contributed by atoms with Crippen LogP contribution in [0.3, 0.4) is 0 Å². The monoisotopic (exact) mass is 798 g/mol. The highest BCUT2D eigenvalue weighted by Gasteiger charge is 2.55. The average Bonchev–Trinajstić information content (AvgIpc) is 3.86. The van der Waals surface area contributed by atoms with Crippen molar-refractivity contribution in [3.05, 3.63) is 165 Å². The second-order valence-corrected chi connectivity index (χ2v) is 15.3. The number of carboxylic acid groups (broad SMARTS) is 1. The molecule has 0 spiro atoms. The first-order valence-corrected chi connectivity index (χ1v) is 19.8. The third kappa shape index (κ3) is 6.80. The van der Waals surface area contributed by atoms with Gasteiger partial charge in [0.1, 0.15) is 28.6 Å². The molecule has 286 valence electrons. The van der Waals surface area contributed by atoms with E-state index in [0.29, 0.717) is 29.7 Å². The normalized spacial score (nSPS) is 19.0. The molecule has 5 aromatic rings. The summed E-state index contributed by atoms with van der Waals surface area (Å²) < 4.78 is 0. The van der Waals surface area contributed by atoms with Gasteiger partial charge in [0.15, 0.2) is 10.8 Å². The lowest BCUT2D eigenvalue weighted by Gasteiger charge is -2.49. The number of phenolic OH excluding ortho intramolecular Hbond substituents is 1. The molecule has 0 aliphatic carbocycles. The number of carbonyl (C=O) groups excluding carboxylic acids is 3. The predicted octanol–water partition coefficient (Wildman–Crippen LogP) is 4.86. The molecule has 1 aromatic heterocycles. The molecule has 4 aromatic carbocycles. The molecule has 3 amide bonds. The number of hydrogen-bond donors (Lipinski definition) is 5. The topological polar surface area (TPSA) is 197 Å². The highest BCUT2D eigenvalue weighted by molar-refractivity contribution is 8.00. The molecule has 3 aliphatic rings. The van der Waals surface area contributed by atoms with E-state index in [1.165, 1.54) is 23.9 Å². The number of aromatic hydroxyl groups is 1. The summed E-state index contributed by atoms with van der Waals surface area (Å²) in [5, 5.41) is 31.9. The molecule has 3 aliphatic heterocycles. The number of aromatic nitrogens is 1. The number of benzene rings is 4. The summed E-state index contributed by atoms with van der Waals surface area (Å²) in [5.41, 5.74) is 7.82. The maximum absolute atomic E-state index is 14.3. The van der Waals surface area contributed by atoms with Crippen LogP contribution in [0.2, 0.25) is 0 Å². The lowest BCUT2D eigenvalue weighted by Crippen LogP contribution is -2.71. The van der Waals surface area contributed by atoms with Crippen molar-refractivity contribution in [2.45, 2.75) is 23.4 Å². The number of nitrogens with zero attached hydrogens (tertiary/aromatic N) is 3. The van der Waals surface area contributed by atoms with Gasteiger partial charge in [0.25, 0.3) is 11.8 Å². The molecule has 0 unspecified atom stereocenters.